The molecule has 4 rings (SSSR count). The van der Waals surface area contributed by atoms with Crippen molar-refractivity contribution in [2.75, 3.05) is 24.1 Å². The van der Waals surface area contributed by atoms with Gasteiger partial charge in [-0.25, -0.2) is 9.37 Å². The summed E-state index contributed by atoms with van der Waals surface area (Å²) in [5.74, 6) is 0.305. The van der Waals surface area contributed by atoms with Gasteiger partial charge in [0.2, 0.25) is 5.95 Å². The number of nitrogen functional groups attached to an aromatic ring is 1. The van der Waals surface area contributed by atoms with Crippen LogP contribution in [0.2, 0.25) is 0 Å². The number of likely N-dealkylation sites (tertiary alicyclic amines) is 1. The van der Waals surface area contributed by atoms with Gasteiger partial charge in [-0.1, -0.05) is 12.1 Å². The monoisotopic (exact) mass is 364 g/mol. The summed E-state index contributed by atoms with van der Waals surface area (Å²) >= 11 is 0. The predicted octanol–water partition coefficient (Wildman–Crippen LogP) is 3.60. The number of aromatic nitrogens is 3. The second-order valence-electron chi connectivity index (χ2n) is 6.66. The van der Waals surface area contributed by atoms with E-state index in [4.69, 9.17) is 5.73 Å². The van der Waals surface area contributed by atoms with Gasteiger partial charge in [0.1, 0.15) is 11.6 Å². The highest BCUT2D eigenvalue weighted by Crippen LogP contribution is 2.24. The lowest BCUT2D eigenvalue weighted by molar-refractivity contribution is 0.331. The summed E-state index contributed by atoms with van der Waals surface area (Å²) in [7, 11) is 0. The van der Waals surface area contributed by atoms with Crippen LogP contribution in [0.25, 0.3) is 11.3 Å². The molecule has 0 unspecified atom stereocenters. The second-order valence-corrected chi connectivity index (χ2v) is 6.66. The fraction of sp³-hybridized carbons (Fsp3) is 0.250. The molecule has 6 nitrogen and oxygen atoms in total. The van der Waals surface area contributed by atoms with Crippen LogP contribution >= 0.6 is 0 Å². The lowest BCUT2D eigenvalue weighted by Gasteiger charge is -2.14. The van der Waals surface area contributed by atoms with Crippen LogP contribution < -0.4 is 11.1 Å². The van der Waals surface area contributed by atoms with Gasteiger partial charge in [0, 0.05) is 24.6 Å². The zero-order chi connectivity index (χ0) is 18.6. The third kappa shape index (κ3) is 4.20. The van der Waals surface area contributed by atoms with Crippen molar-refractivity contribution in [2.45, 2.75) is 19.4 Å². The second kappa shape index (κ2) is 7.67. The minimum Gasteiger partial charge on any atom is -0.383 e. The number of nitrogens with zero attached hydrogens (tertiary/aromatic N) is 4. The Morgan fingerprint density at radius 2 is 1.93 bits per heavy atom. The Morgan fingerprint density at radius 3 is 2.63 bits per heavy atom. The molecule has 0 saturated carbocycles. The van der Waals surface area contributed by atoms with Gasteiger partial charge in [-0.05, 0) is 55.8 Å². The fourth-order valence-electron chi connectivity index (χ4n) is 3.22. The minimum absolute atomic E-state index is 0.313. The van der Waals surface area contributed by atoms with Crippen molar-refractivity contribution in [3.05, 3.63) is 60.2 Å². The van der Waals surface area contributed by atoms with E-state index in [2.05, 4.69) is 31.2 Å². The van der Waals surface area contributed by atoms with E-state index in [0.29, 0.717) is 23.0 Å². The quantitative estimate of drug-likeness (QED) is 0.720. The molecule has 3 aromatic rings. The van der Waals surface area contributed by atoms with Gasteiger partial charge in [0.15, 0.2) is 0 Å². The Bertz CT molecular complexity index is 922. The molecule has 0 bridgehead atoms. The Labute approximate surface area is 157 Å². The molecular weight excluding hydrogens is 343 g/mol. The maximum atomic E-state index is 13.3. The summed E-state index contributed by atoms with van der Waals surface area (Å²) in [6.45, 7) is 3.24. The molecule has 2 aromatic heterocycles. The average molecular weight is 364 g/mol. The van der Waals surface area contributed by atoms with Crippen molar-refractivity contribution in [3.63, 3.8) is 0 Å². The minimum atomic E-state index is -0.331. The lowest BCUT2D eigenvalue weighted by Crippen LogP contribution is -2.18. The molecule has 27 heavy (non-hydrogen) atoms. The molecule has 0 aliphatic carbocycles. The van der Waals surface area contributed by atoms with E-state index in [1.807, 2.05) is 12.3 Å². The summed E-state index contributed by atoms with van der Waals surface area (Å²) in [6, 6.07) is 10.1. The van der Waals surface area contributed by atoms with Crippen molar-refractivity contribution in [2.24, 2.45) is 0 Å². The van der Waals surface area contributed by atoms with Gasteiger partial charge in [-0.3, -0.25) is 9.88 Å². The normalized spacial score (nSPS) is 14.4. The highest BCUT2D eigenvalue weighted by atomic mass is 19.1. The van der Waals surface area contributed by atoms with Crippen LogP contribution in [-0.4, -0.2) is 32.9 Å². The maximum Gasteiger partial charge on any atom is 0.229 e. The molecular formula is C20H21FN6. The number of hydrogen-bond acceptors (Lipinski definition) is 6. The van der Waals surface area contributed by atoms with E-state index in [-0.39, 0.29) is 5.82 Å². The molecule has 0 radical (unpaired) electrons. The van der Waals surface area contributed by atoms with Crippen LogP contribution in [-0.2, 0) is 6.54 Å². The first kappa shape index (κ1) is 17.4. The highest BCUT2D eigenvalue weighted by molar-refractivity contribution is 5.71. The van der Waals surface area contributed by atoms with Gasteiger partial charge in [-0.2, -0.15) is 4.98 Å². The third-order valence-corrected chi connectivity index (χ3v) is 4.60. The summed E-state index contributed by atoms with van der Waals surface area (Å²) in [6.07, 6.45) is 6.06. The number of halogens is 1. The van der Waals surface area contributed by atoms with Crippen molar-refractivity contribution in [1.29, 1.82) is 0 Å². The van der Waals surface area contributed by atoms with Crippen LogP contribution in [0.15, 0.2) is 48.8 Å². The standard InChI is InChI=1S/C20H21FN6/c21-15-4-3-5-16(10-15)25-20-24-12-17(19(22)26-20)18-7-6-14(11-23-18)13-27-8-1-2-9-27/h3-7,10-12H,1-2,8-9,13H2,(H3,22,24,25,26). The largest absolute Gasteiger partial charge is 0.383 e. The summed E-state index contributed by atoms with van der Waals surface area (Å²) in [5.41, 5.74) is 9.25. The van der Waals surface area contributed by atoms with E-state index >= 15 is 0 Å². The topological polar surface area (TPSA) is 80.0 Å². The molecule has 1 saturated heterocycles. The number of anilines is 3. The van der Waals surface area contributed by atoms with Crippen molar-refractivity contribution < 1.29 is 4.39 Å². The zero-order valence-corrected chi connectivity index (χ0v) is 14.9. The van der Waals surface area contributed by atoms with Crippen molar-refractivity contribution in [1.82, 2.24) is 19.9 Å². The maximum absolute atomic E-state index is 13.3. The van der Waals surface area contributed by atoms with E-state index in [9.17, 15) is 4.39 Å². The third-order valence-electron chi connectivity index (χ3n) is 4.60. The number of nitrogens with one attached hydrogen (secondary N) is 1. The molecule has 0 atom stereocenters. The SMILES string of the molecule is Nc1nc(Nc2cccc(F)c2)ncc1-c1ccc(CN2CCCC2)cn1. The van der Waals surface area contributed by atoms with E-state index < -0.39 is 0 Å². The van der Waals surface area contributed by atoms with Gasteiger partial charge < -0.3 is 11.1 Å². The molecule has 1 aliphatic heterocycles. The summed E-state index contributed by atoms with van der Waals surface area (Å²) in [4.78, 5) is 15.5. The number of pyridine rings is 1. The Balaban J connectivity index is 1.48. The number of rotatable bonds is 5. The molecule has 1 fully saturated rings. The number of nitrogens with two attached hydrogens (primary N) is 1. The van der Waals surface area contributed by atoms with Crippen LogP contribution in [0.5, 0.6) is 0 Å². The Morgan fingerprint density at radius 1 is 1.07 bits per heavy atom. The van der Waals surface area contributed by atoms with Crippen LogP contribution in [0, 0.1) is 5.82 Å². The molecule has 138 valence electrons. The molecule has 7 heteroatoms. The first-order valence-corrected chi connectivity index (χ1v) is 9.00. The van der Waals surface area contributed by atoms with Gasteiger partial charge in [-0.15, -0.1) is 0 Å². The molecule has 1 aromatic carbocycles. The van der Waals surface area contributed by atoms with Gasteiger partial charge >= 0.3 is 0 Å². The highest BCUT2D eigenvalue weighted by Gasteiger charge is 2.13. The van der Waals surface area contributed by atoms with E-state index in [1.54, 1.807) is 18.3 Å². The molecule has 3 N–H and O–H groups in total. The first-order valence-electron chi connectivity index (χ1n) is 9.00. The van der Waals surface area contributed by atoms with Crippen LogP contribution in [0.1, 0.15) is 18.4 Å². The van der Waals surface area contributed by atoms with Crippen LogP contribution in [0.4, 0.5) is 21.8 Å². The Kier molecular flexibility index (Phi) is 4.93. The smallest absolute Gasteiger partial charge is 0.229 e. The van der Waals surface area contributed by atoms with E-state index in [1.165, 1.54) is 30.5 Å². The fourth-order valence-corrected chi connectivity index (χ4v) is 3.22. The first-order chi connectivity index (χ1) is 13.2. The predicted molar refractivity (Wildman–Crippen MR) is 104 cm³/mol. The summed E-state index contributed by atoms with van der Waals surface area (Å²) < 4.78 is 13.3. The molecule has 3 heterocycles. The number of hydrogen-bond donors (Lipinski definition) is 2. The molecule has 0 spiro atoms. The van der Waals surface area contributed by atoms with Crippen molar-refractivity contribution in [3.8, 4) is 11.3 Å². The van der Waals surface area contributed by atoms with Crippen molar-refractivity contribution >= 4 is 17.5 Å². The molecule has 0 amide bonds. The van der Waals surface area contributed by atoms with Crippen LogP contribution in [0.3, 0.4) is 0 Å². The van der Waals surface area contributed by atoms with Gasteiger partial charge in [0.25, 0.3) is 0 Å². The zero-order valence-electron chi connectivity index (χ0n) is 14.9. The molecule has 1 aliphatic rings. The number of benzene rings is 1. The average Bonchev–Trinajstić information content (AvgIpc) is 3.16. The lowest BCUT2D eigenvalue weighted by atomic mass is 10.1. The Hall–Kier alpha value is -3.06. The van der Waals surface area contributed by atoms with Gasteiger partial charge in [0.05, 0.1) is 11.3 Å². The summed E-state index contributed by atoms with van der Waals surface area (Å²) in [5, 5.41) is 2.95. The van der Waals surface area contributed by atoms with E-state index in [0.717, 1.165) is 25.3 Å².